The van der Waals surface area contributed by atoms with Crippen LogP contribution in [0.1, 0.15) is 19.5 Å². The predicted octanol–water partition coefficient (Wildman–Crippen LogP) is 3.10. The molecule has 0 aliphatic rings. The van der Waals surface area contributed by atoms with Crippen molar-refractivity contribution in [2.75, 3.05) is 0 Å². The summed E-state index contributed by atoms with van der Waals surface area (Å²) >= 11 is 3.56. The third-order valence-electron chi connectivity index (χ3n) is 2.75. The lowest BCUT2D eigenvalue weighted by Crippen LogP contribution is -2.05. The quantitative estimate of drug-likeness (QED) is 0.940. The Hall–Kier alpha value is -1.33. The van der Waals surface area contributed by atoms with E-state index in [-0.39, 0.29) is 6.10 Å². The molecule has 1 aromatic heterocycles. The Morgan fingerprint density at radius 1 is 1.32 bits per heavy atom. The maximum atomic E-state index is 5.66. The molecular formula is C14H18BrN3O. The number of aryl methyl sites for hydroxylation is 1. The molecule has 2 rings (SSSR count). The fourth-order valence-corrected chi connectivity index (χ4v) is 2.69. The summed E-state index contributed by atoms with van der Waals surface area (Å²) in [5.41, 5.74) is 8.63. The Morgan fingerprint density at radius 3 is 2.42 bits per heavy atom. The highest BCUT2D eigenvalue weighted by atomic mass is 79.9. The van der Waals surface area contributed by atoms with E-state index in [1.54, 1.807) is 0 Å². The highest BCUT2D eigenvalue weighted by molar-refractivity contribution is 9.10. The molecule has 0 saturated heterocycles. The van der Waals surface area contributed by atoms with Gasteiger partial charge >= 0.3 is 0 Å². The first-order chi connectivity index (χ1) is 9.02. The molecule has 2 N–H and O–H groups in total. The minimum atomic E-state index is 0.179. The Kier molecular flexibility index (Phi) is 4.27. The van der Waals surface area contributed by atoms with E-state index in [4.69, 9.17) is 10.5 Å². The van der Waals surface area contributed by atoms with Crippen LogP contribution in [-0.2, 0) is 13.6 Å². The van der Waals surface area contributed by atoms with Crippen LogP contribution >= 0.6 is 15.9 Å². The molecule has 0 amide bonds. The molecule has 5 heteroatoms. The molecule has 102 valence electrons. The average molecular weight is 324 g/mol. The molecule has 0 spiro atoms. The smallest absolute Gasteiger partial charge is 0.119 e. The second-order valence-electron chi connectivity index (χ2n) is 4.63. The molecule has 19 heavy (non-hydrogen) atoms. The standard InChI is InChI=1S/C14H18BrN3O/c1-9(2)19-11-6-4-10(5-7-11)14-13(15)12(8-16)17-18(14)3/h4-7,9H,8,16H2,1-3H3. The predicted molar refractivity (Wildman–Crippen MR) is 80.0 cm³/mol. The number of benzene rings is 1. The molecule has 0 bridgehead atoms. The summed E-state index contributed by atoms with van der Waals surface area (Å²) in [6, 6.07) is 7.99. The van der Waals surface area contributed by atoms with Crippen LogP contribution in [0.5, 0.6) is 5.75 Å². The monoisotopic (exact) mass is 323 g/mol. The number of hydrogen-bond acceptors (Lipinski definition) is 3. The molecule has 0 unspecified atom stereocenters. The molecule has 0 aliphatic heterocycles. The summed E-state index contributed by atoms with van der Waals surface area (Å²) in [7, 11) is 1.91. The van der Waals surface area contributed by atoms with Gasteiger partial charge in [-0.15, -0.1) is 0 Å². The van der Waals surface area contributed by atoms with E-state index in [0.29, 0.717) is 6.54 Å². The highest BCUT2D eigenvalue weighted by Gasteiger charge is 2.14. The van der Waals surface area contributed by atoms with E-state index in [1.165, 1.54) is 0 Å². The first-order valence-corrected chi connectivity index (χ1v) is 7.00. The third-order valence-corrected chi connectivity index (χ3v) is 3.58. The van der Waals surface area contributed by atoms with E-state index < -0.39 is 0 Å². The summed E-state index contributed by atoms with van der Waals surface area (Å²) in [5.74, 6) is 0.871. The summed E-state index contributed by atoms with van der Waals surface area (Å²) < 4.78 is 8.43. The van der Waals surface area contributed by atoms with Crippen molar-refractivity contribution in [3.63, 3.8) is 0 Å². The van der Waals surface area contributed by atoms with Crippen LogP contribution in [0, 0.1) is 0 Å². The molecular weight excluding hydrogens is 306 g/mol. The second kappa shape index (κ2) is 5.75. The maximum absolute atomic E-state index is 5.66. The number of halogens is 1. The summed E-state index contributed by atoms with van der Waals surface area (Å²) in [4.78, 5) is 0. The minimum absolute atomic E-state index is 0.179. The molecule has 0 atom stereocenters. The summed E-state index contributed by atoms with van der Waals surface area (Å²) in [6.07, 6.45) is 0.179. The van der Waals surface area contributed by atoms with Crippen LogP contribution in [0.25, 0.3) is 11.3 Å². The fraction of sp³-hybridized carbons (Fsp3) is 0.357. The van der Waals surface area contributed by atoms with Crippen LogP contribution in [0.4, 0.5) is 0 Å². The van der Waals surface area contributed by atoms with Gasteiger partial charge in [-0.05, 0) is 54.0 Å². The van der Waals surface area contributed by atoms with Crippen molar-refractivity contribution in [1.82, 2.24) is 9.78 Å². The van der Waals surface area contributed by atoms with Crippen LogP contribution < -0.4 is 10.5 Å². The van der Waals surface area contributed by atoms with Crippen LogP contribution in [0.2, 0.25) is 0 Å². The van der Waals surface area contributed by atoms with Crippen molar-refractivity contribution in [2.45, 2.75) is 26.5 Å². The molecule has 0 radical (unpaired) electrons. The molecule has 0 aliphatic carbocycles. The number of hydrogen-bond donors (Lipinski definition) is 1. The SMILES string of the molecule is CC(C)Oc1ccc(-c2c(Br)c(CN)nn2C)cc1. The van der Waals surface area contributed by atoms with Crippen molar-refractivity contribution >= 4 is 15.9 Å². The number of ether oxygens (including phenoxy) is 1. The number of nitrogens with two attached hydrogens (primary N) is 1. The van der Waals surface area contributed by atoms with E-state index in [1.807, 2.05) is 49.8 Å². The van der Waals surface area contributed by atoms with Crippen molar-refractivity contribution in [3.8, 4) is 17.0 Å². The van der Waals surface area contributed by atoms with Gasteiger partial charge in [-0.3, -0.25) is 4.68 Å². The van der Waals surface area contributed by atoms with Crippen molar-refractivity contribution in [1.29, 1.82) is 0 Å². The average Bonchev–Trinajstić information content (AvgIpc) is 2.65. The number of rotatable bonds is 4. The van der Waals surface area contributed by atoms with Crippen molar-refractivity contribution in [2.24, 2.45) is 12.8 Å². The number of nitrogens with zero attached hydrogens (tertiary/aromatic N) is 2. The van der Waals surface area contributed by atoms with Gasteiger partial charge in [0.05, 0.1) is 22.0 Å². The largest absolute Gasteiger partial charge is 0.491 e. The summed E-state index contributed by atoms with van der Waals surface area (Å²) in [5, 5.41) is 4.39. The molecule has 1 aromatic carbocycles. The fourth-order valence-electron chi connectivity index (χ4n) is 1.96. The zero-order valence-corrected chi connectivity index (χ0v) is 12.9. The third kappa shape index (κ3) is 2.98. The Balaban J connectivity index is 2.34. The summed E-state index contributed by atoms with van der Waals surface area (Å²) in [6.45, 7) is 4.45. The van der Waals surface area contributed by atoms with Gasteiger partial charge in [-0.25, -0.2) is 0 Å². The van der Waals surface area contributed by atoms with E-state index >= 15 is 0 Å². The zero-order chi connectivity index (χ0) is 14.0. The first-order valence-electron chi connectivity index (χ1n) is 6.21. The van der Waals surface area contributed by atoms with Gasteiger partial charge in [0.25, 0.3) is 0 Å². The van der Waals surface area contributed by atoms with Crippen LogP contribution in [0.15, 0.2) is 28.7 Å². The van der Waals surface area contributed by atoms with Gasteiger partial charge in [0, 0.05) is 19.2 Å². The van der Waals surface area contributed by atoms with E-state index in [2.05, 4.69) is 21.0 Å². The molecule has 0 fully saturated rings. The number of aromatic nitrogens is 2. The Labute approximate surface area is 121 Å². The second-order valence-corrected chi connectivity index (χ2v) is 5.42. The van der Waals surface area contributed by atoms with Gasteiger partial charge in [0.2, 0.25) is 0 Å². The normalized spacial score (nSPS) is 11.1. The minimum Gasteiger partial charge on any atom is -0.491 e. The van der Waals surface area contributed by atoms with Crippen molar-refractivity contribution in [3.05, 3.63) is 34.4 Å². The molecule has 4 nitrogen and oxygen atoms in total. The van der Waals surface area contributed by atoms with Gasteiger partial charge in [-0.1, -0.05) is 0 Å². The Bertz CT molecular complexity index is 561. The zero-order valence-electron chi connectivity index (χ0n) is 11.4. The van der Waals surface area contributed by atoms with Crippen molar-refractivity contribution < 1.29 is 4.74 Å². The topological polar surface area (TPSA) is 53.1 Å². The van der Waals surface area contributed by atoms with Gasteiger partial charge in [-0.2, -0.15) is 5.10 Å². The van der Waals surface area contributed by atoms with Gasteiger partial charge in [0.15, 0.2) is 0 Å². The van der Waals surface area contributed by atoms with Gasteiger partial charge < -0.3 is 10.5 Å². The van der Waals surface area contributed by atoms with E-state index in [9.17, 15) is 0 Å². The molecule has 1 heterocycles. The first kappa shape index (κ1) is 14.1. The van der Waals surface area contributed by atoms with Crippen LogP contribution in [0.3, 0.4) is 0 Å². The molecule has 0 saturated carbocycles. The lowest BCUT2D eigenvalue weighted by Gasteiger charge is -2.10. The van der Waals surface area contributed by atoms with Crippen LogP contribution in [-0.4, -0.2) is 15.9 Å². The lowest BCUT2D eigenvalue weighted by atomic mass is 10.1. The van der Waals surface area contributed by atoms with E-state index in [0.717, 1.165) is 27.2 Å². The van der Waals surface area contributed by atoms with Gasteiger partial charge in [0.1, 0.15) is 5.75 Å². The molecule has 2 aromatic rings. The highest BCUT2D eigenvalue weighted by Crippen LogP contribution is 2.31. The lowest BCUT2D eigenvalue weighted by molar-refractivity contribution is 0.242. The Morgan fingerprint density at radius 2 is 1.95 bits per heavy atom. The maximum Gasteiger partial charge on any atom is 0.119 e.